The van der Waals surface area contributed by atoms with Crippen LogP contribution in [0.3, 0.4) is 0 Å². The zero-order valence-electron chi connectivity index (χ0n) is 14.3. The minimum Gasteiger partial charge on any atom is -0.345 e. The van der Waals surface area contributed by atoms with Gasteiger partial charge in [-0.25, -0.2) is 0 Å². The molecule has 2 N–H and O–H groups in total. The fourth-order valence-corrected chi connectivity index (χ4v) is 4.01. The molecule has 122 valence electrons. The molecular weight excluding hydrogens is 262 g/mol. The zero-order chi connectivity index (χ0) is 15.6. The van der Waals surface area contributed by atoms with E-state index in [0.29, 0.717) is 23.9 Å². The highest BCUT2D eigenvalue weighted by Gasteiger charge is 2.39. The van der Waals surface area contributed by atoms with Gasteiger partial charge in [-0.3, -0.25) is 9.69 Å². The van der Waals surface area contributed by atoms with Crippen molar-refractivity contribution < 1.29 is 4.79 Å². The molecule has 4 heteroatoms. The molecule has 2 aliphatic rings. The van der Waals surface area contributed by atoms with E-state index >= 15 is 0 Å². The largest absolute Gasteiger partial charge is 0.345 e. The molecule has 3 unspecified atom stereocenters. The van der Waals surface area contributed by atoms with Crippen LogP contribution in [0.1, 0.15) is 46.5 Å². The van der Waals surface area contributed by atoms with Gasteiger partial charge in [0.05, 0.1) is 6.54 Å². The van der Waals surface area contributed by atoms with Crippen LogP contribution >= 0.6 is 0 Å². The van der Waals surface area contributed by atoms with Crippen LogP contribution in [0.4, 0.5) is 0 Å². The van der Waals surface area contributed by atoms with Crippen LogP contribution in [-0.2, 0) is 4.79 Å². The third-order valence-electron chi connectivity index (χ3n) is 5.66. The number of nitrogens with zero attached hydrogens (tertiary/aromatic N) is 2. The summed E-state index contributed by atoms with van der Waals surface area (Å²) in [5.74, 6) is 1.56. The average Bonchev–Trinajstić information content (AvgIpc) is 2.59. The zero-order valence-corrected chi connectivity index (χ0v) is 14.3. The molecule has 4 nitrogen and oxygen atoms in total. The van der Waals surface area contributed by atoms with Gasteiger partial charge in [-0.1, -0.05) is 20.8 Å². The second-order valence-corrected chi connectivity index (χ2v) is 8.08. The van der Waals surface area contributed by atoms with E-state index < -0.39 is 0 Å². The van der Waals surface area contributed by atoms with E-state index in [-0.39, 0.29) is 5.91 Å². The molecule has 0 radical (unpaired) electrons. The van der Waals surface area contributed by atoms with E-state index in [1.165, 1.54) is 19.3 Å². The molecule has 1 amide bonds. The van der Waals surface area contributed by atoms with Gasteiger partial charge in [0.1, 0.15) is 0 Å². The third-order valence-corrected chi connectivity index (χ3v) is 5.66. The van der Waals surface area contributed by atoms with Crippen molar-refractivity contribution in [1.29, 1.82) is 0 Å². The Balaban J connectivity index is 2.11. The standard InChI is InChI=1S/C17H33N3O/c1-17(2,3)14-7-6-13(11-18)15(10-14)20-9-5-8-19(4)16(21)12-20/h13-15H,5-12,18H2,1-4H3. The molecule has 1 saturated heterocycles. The van der Waals surface area contributed by atoms with Crippen LogP contribution in [-0.4, -0.2) is 55.0 Å². The number of hydrogen-bond acceptors (Lipinski definition) is 3. The first kappa shape index (κ1) is 16.8. The Morgan fingerprint density at radius 2 is 1.95 bits per heavy atom. The summed E-state index contributed by atoms with van der Waals surface area (Å²) in [6, 6.07) is 0.489. The van der Waals surface area contributed by atoms with Gasteiger partial charge < -0.3 is 10.6 Å². The molecular formula is C17H33N3O. The summed E-state index contributed by atoms with van der Waals surface area (Å²) >= 11 is 0. The Morgan fingerprint density at radius 3 is 2.57 bits per heavy atom. The van der Waals surface area contributed by atoms with Gasteiger partial charge in [0.15, 0.2) is 0 Å². The van der Waals surface area contributed by atoms with Crippen molar-refractivity contribution in [3.8, 4) is 0 Å². The molecule has 1 aliphatic heterocycles. The van der Waals surface area contributed by atoms with Gasteiger partial charge in [-0.2, -0.15) is 0 Å². The van der Waals surface area contributed by atoms with Crippen molar-refractivity contribution in [1.82, 2.24) is 9.80 Å². The number of amides is 1. The minimum absolute atomic E-state index is 0.265. The molecule has 0 spiro atoms. The summed E-state index contributed by atoms with van der Waals surface area (Å²) in [7, 11) is 1.92. The number of nitrogens with two attached hydrogens (primary N) is 1. The van der Waals surface area contributed by atoms with Crippen LogP contribution in [0.25, 0.3) is 0 Å². The van der Waals surface area contributed by atoms with Gasteiger partial charge in [-0.05, 0) is 49.5 Å². The van der Waals surface area contributed by atoms with Crippen molar-refractivity contribution in [3.05, 3.63) is 0 Å². The van der Waals surface area contributed by atoms with Crippen molar-refractivity contribution in [2.24, 2.45) is 23.0 Å². The number of carbonyl (C=O) groups is 1. The summed E-state index contributed by atoms with van der Waals surface area (Å²) in [5.41, 5.74) is 6.39. The first-order valence-electron chi connectivity index (χ1n) is 8.51. The Labute approximate surface area is 130 Å². The number of hydrogen-bond donors (Lipinski definition) is 1. The summed E-state index contributed by atoms with van der Waals surface area (Å²) in [6.45, 7) is 10.3. The Kier molecular flexibility index (Phi) is 5.31. The molecule has 0 aromatic carbocycles. The van der Waals surface area contributed by atoms with Crippen molar-refractivity contribution in [2.75, 3.05) is 33.2 Å². The second kappa shape index (κ2) is 6.66. The maximum absolute atomic E-state index is 12.2. The van der Waals surface area contributed by atoms with E-state index in [0.717, 1.165) is 32.0 Å². The monoisotopic (exact) mass is 295 g/mol. The average molecular weight is 295 g/mol. The maximum Gasteiger partial charge on any atom is 0.236 e. The lowest BCUT2D eigenvalue weighted by Crippen LogP contribution is -2.50. The van der Waals surface area contributed by atoms with E-state index in [4.69, 9.17) is 5.73 Å². The van der Waals surface area contributed by atoms with E-state index in [1.807, 2.05) is 11.9 Å². The maximum atomic E-state index is 12.2. The summed E-state index contributed by atoms with van der Waals surface area (Å²) in [4.78, 5) is 16.5. The summed E-state index contributed by atoms with van der Waals surface area (Å²) in [6.07, 6.45) is 4.77. The highest BCUT2D eigenvalue weighted by molar-refractivity contribution is 5.78. The highest BCUT2D eigenvalue weighted by Crippen LogP contribution is 2.41. The van der Waals surface area contributed by atoms with Gasteiger partial charge in [0.25, 0.3) is 0 Å². The van der Waals surface area contributed by atoms with E-state index in [9.17, 15) is 4.79 Å². The smallest absolute Gasteiger partial charge is 0.236 e. The summed E-state index contributed by atoms with van der Waals surface area (Å²) in [5, 5.41) is 0. The number of likely N-dealkylation sites (N-methyl/N-ethyl adjacent to an activating group) is 1. The van der Waals surface area contributed by atoms with Crippen LogP contribution in [0.2, 0.25) is 0 Å². The Morgan fingerprint density at radius 1 is 1.24 bits per heavy atom. The lowest BCUT2D eigenvalue weighted by Gasteiger charge is -2.45. The molecule has 1 heterocycles. The van der Waals surface area contributed by atoms with Gasteiger partial charge in [0.2, 0.25) is 5.91 Å². The van der Waals surface area contributed by atoms with Crippen molar-refractivity contribution in [3.63, 3.8) is 0 Å². The lowest BCUT2D eigenvalue weighted by molar-refractivity contribution is -0.130. The highest BCUT2D eigenvalue weighted by atomic mass is 16.2. The molecule has 3 atom stereocenters. The number of carbonyl (C=O) groups excluding carboxylic acids is 1. The molecule has 1 saturated carbocycles. The molecule has 21 heavy (non-hydrogen) atoms. The molecule has 1 aliphatic carbocycles. The van der Waals surface area contributed by atoms with Gasteiger partial charge in [-0.15, -0.1) is 0 Å². The van der Waals surface area contributed by atoms with Crippen LogP contribution in [0.15, 0.2) is 0 Å². The van der Waals surface area contributed by atoms with Gasteiger partial charge >= 0.3 is 0 Å². The number of rotatable bonds is 2. The Hall–Kier alpha value is -0.610. The Bertz CT molecular complexity index is 364. The molecule has 2 rings (SSSR count). The van der Waals surface area contributed by atoms with Crippen LogP contribution in [0, 0.1) is 17.3 Å². The predicted octanol–water partition coefficient (Wildman–Crippen LogP) is 1.94. The fourth-order valence-electron chi connectivity index (χ4n) is 4.01. The molecule has 2 fully saturated rings. The van der Waals surface area contributed by atoms with Crippen LogP contribution in [0.5, 0.6) is 0 Å². The second-order valence-electron chi connectivity index (χ2n) is 8.08. The van der Waals surface area contributed by atoms with Crippen molar-refractivity contribution in [2.45, 2.75) is 52.5 Å². The first-order chi connectivity index (χ1) is 9.82. The topological polar surface area (TPSA) is 49.6 Å². The minimum atomic E-state index is 0.265. The molecule has 0 bridgehead atoms. The molecule has 0 aromatic rings. The fraction of sp³-hybridized carbons (Fsp3) is 0.941. The van der Waals surface area contributed by atoms with Crippen molar-refractivity contribution >= 4 is 5.91 Å². The SMILES string of the molecule is CN1CCCN(C2CC(C(C)(C)C)CCC2CN)CC1=O. The van der Waals surface area contributed by atoms with E-state index in [1.54, 1.807) is 0 Å². The third kappa shape index (κ3) is 3.98. The quantitative estimate of drug-likeness (QED) is 0.847. The first-order valence-corrected chi connectivity index (χ1v) is 8.51. The normalized spacial score (nSPS) is 33.1. The summed E-state index contributed by atoms with van der Waals surface area (Å²) < 4.78 is 0. The van der Waals surface area contributed by atoms with Crippen LogP contribution < -0.4 is 5.73 Å². The van der Waals surface area contributed by atoms with E-state index in [2.05, 4.69) is 25.7 Å². The van der Waals surface area contributed by atoms with Gasteiger partial charge in [0, 0.05) is 26.2 Å². The lowest BCUT2D eigenvalue weighted by atomic mass is 9.67. The molecule has 0 aromatic heterocycles. The predicted molar refractivity (Wildman–Crippen MR) is 87.0 cm³/mol.